The average molecular weight is 516 g/mol. The van der Waals surface area contributed by atoms with E-state index in [-0.39, 0.29) is 12.5 Å². The van der Waals surface area contributed by atoms with Gasteiger partial charge in [-0.05, 0) is 105 Å². The average Bonchev–Trinajstić information content (AvgIpc) is 3.21. The zero-order valence-electron chi connectivity index (χ0n) is 25.0. The van der Waals surface area contributed by atoms with Crippen molar-refractivity contribution in [2.24, 2.45) is 46.3 Å². The van der Waals surface area contributed by atoms with Crippen LogP contribution in [0.1, 0.15) is 112 Å². The van der Waals surface area contributed by atoms with Crippen molar-refractivity contribution in [1.29, 1.82) is 0 Å². The number of fused-ring (bicyclic) bond motifs is 5. The highest BCUT2D eigenvalue weighted by Gasteiger charge is 2.59. The van der Waals surface area contributed by atoms with Crippen molar-refractivity contribution < 1.29 is 14.3 Å². The maximum absolute atomic E-state index is 11.5. The minimum atomic E-state index is -0.185. The van der Waals surface area contributed by atoms with Crippen LogP contribution in [0.4, 0.5) is 0 Å². The Balaban J connectivity index is 1.31. The van der Waals surface area contributed by atoms with E-state index in [4.69, 9.17) is 9.47 Å². The van der Waals surface area contributed by atoms with E-state index in [1.54, 1.807) is 5.57 Å². The molecule has 4 aliphatic rings. The second kappa shape index (κ2) is 12.5. The second-order valence-corrected chi connectivity index (χ2v) is 14.0. The van der Waals surface area contributed by atoms with Gasteiger partial charge in [0.05, 0.1) is 25.9 Å². The second-order valence-electron chi connectivity index (χ2n) is 14.0. The summed E-state index contributed by atoms with van der Waals surface area (Å²) in [4.78, 5) is 11.5. The summed E-state index contributed by atoms with van der Waals surface area (Å²) in [6.45, 7) is 16.5. The molecule has 0 aromatic heterocycles. The minimum Gasteiger partial charge on any atom is -0.465 e. The van der Waals surface area contributed by atoms with Crippen molar-refractivity contribution in [2.45, 2.75) is 118 Å². The fourth-order valence-corrected chi connectivity index (χ4v) is 9.49. The first-order valence-corrected chi connectivity index (χ1v) is 15.9. The highest BCUT2D eigenvalue weighted by molar-refractivity contribution is 5.71. The van der Waals surface area contributed by atoms with E-state index in [0.717, 1.165) is 41.9 Å². The Kier molecular flexibility index (Phi) is 9.87. The lowest BCUT2D eigenvalue weighted by molar-refractivity contribution is -0.142. The Bertz CT molecular complexity index is 792. The largest absolute Gasteiger partial charge is 0.465 e. The number of hydrogen-bond donors (Lipinski definition) is 1. The van der Waals surface area contributed by atoms with Gasteiger partial charge in [-0.15, -0.1) is 0 Å². The highest BCUT2D eigenvalue weighted by Crippen LogP contribution is 2.67. The van der Waals surface area contributed by atoms with E-state index < -0.39 is 0 Å². The van der Waals surface area contributed by atoms with Crippen LogP contribution < -0.4 is 5.32 Å². The molecule has 3 fully saturated rings. The van der Waals surface area contributed by atoms with Gasteiger partial charge in [0, 0.05) is 6.54 Å². The molecule has 4 nitrogen and oxygen atoms in total. The van der Waals surface area contributed by atoms with Crippen LogP contribution in [0, 0.1) is 46.3 Å². The van der Waals surface area contributed by atoms with Crippen molar-refractivity contribution in [2.75, 3.05) is 26.3 Å². The van der Waals surface area contributed by atoms with Crippen LogP contribution in [-0.2, 0) is 14.3 Å². The molecule has 0 aromatic carbocycles. The Hall–Kier alpha value is -0.870. The summed E-state index contributed by atoms with van der Waals surface area (Å²) in [5, 5.41) is 3.15. The molecule has 0 bridgehead atoms. The Labute approximate surface area is 228 Å². The molecule has 0 unspecified atom stereocenters. The van der Waals surface area contributed by atoms with Crippen LogP contribution in [0.15, 0.2) is 11.6 Å². The number of hydrogen-bond acceptors (Lipinski definition) is 4. The van der Waals surface area contributed by atoms with Gasteiger partial charge in [0.15, 0.2) is 0 Å². The van der Waals surface area contributed by atoms with Crippen molar-refractivity contribution in [3.8, 4) is 0 Å². The highest BCUT2D eigenvalue weighted by atomic mass is 16.5. The molecule has 37 heavy (non-hydrogen) atoms. The van der Waals surface area contributed by atoms with Crippen LogP contribution in [0.25, 0.3) is 0 Å². The zero-order chi connectivity index (χ0) is 26.6. The molecule has 4 rings (SSSR count). The van der Waals surface area contributed by atoms with E-state index in [2.05, 4.69) is 46.0 Å². The van der Waals surface area contributed by atoms with E-state index >= 15 is 0 Å². The molecule has 0 radical (unpaired) electrons. The third-order valence-corrected chi connectivity index (χ3v) is 11.5. The summed E-state index contributed by atoms with van der Waals surface area (Å²) in [6.07, 6.45) is 17.9. The van der Waals surface area contributed by atoms with E-state index in [9.17, 15) is 4.79 Å². The normalized spacial score (nSPS) is 37.9. The molecule has 4 aliphatic carbocycles. The third-order valence-electron chi connectivity index (χ3n) is 11.5. The van der Waals surface area contributed by atoms with Gasteiger partial charge in [-0.3, -0.25) is 4.79 Å². The zero-order valence-corrected chi connectivity index (χ0v) is 25.0. The van der Waals surface area contributed by atoms with Gasteiger partial charge < -0.3 is 14.8 Å². The predicted molar refractivity (Wildman–Crippen MR) is 152 cm³/mol. The number of ether oxygens (including phenoxy) is 2. The maximum atomic E-state index is 11.5. The lowest BCUT2D eigenvalue weighted by Crippen LogP contribution is -2.51. The smallest absolute Gasteiger partial charge is 0.319 e. The molecule has 0 aromatic rings. The maximum Gasteiger partial charge on any atom is 0.319 e. The van der Waals surface area contributed by atoms with Gasteiger partial charge in [-0.1, -0.05) is 65.5 Å². The SMILES string of the molecule is CCOC(=O)CNCCO[C@H]1CC[C@@]2(C)C(=CC[C@H]3[C@@H]4CC[C@H]([C@H](C)CCCC(C)C)[C@@]4(C)CC[C@@H]32)C1. The molecule has 212 valence electrons. The van der Waals surface area contributed by atoms with Crippen LogP contribution >= 0.6 is 0 Å². The van der Waals surface area contributed by atoms with Crippen molar-refractivity contribution in [3.05, 3.63) is 11.6 Å². The summed E-state index contributed by atoms with van der Waals surface area (Å²) in [7, 11) is 0. The van der Waals surface area contributed by atoms with Crippen LogP contribution in [0.3, 0.4) is 0 Å². The Morgan fingerprint density at radius 2 is 1.89 bits per heavy atom. The fraction of sp³-hybridized carbons (Fsp3) is 0.909. The molecule has 0 spiro atoms. The molecule has 0 amide bonds. The summed E-state index contributed by atoms with van der Waals surface area (Å²) in [5.74, 6) is 5.17. The number of allylic oxidation sites excluding steroid dienone is 1. The molecular formula is C33H57NO3. The number of esters is 1. The van der Waals surface area contributed by atoms with Crippen molar-refractivity contribution >= 4 is 5.97 Å². The van der Waals surface area contributed by atoms with Gasteiger partial charge in [0.25, 0.3) is 0 Å². The lowest BCUT2D eigenvalue weighted by Gasteiger charge is -2.58. The standard InChI is InChI=1S/C33H57NO3/c1-7-36-31(35)22-34-19-20-37-26-15-17-32(5)25(21-26)11-12-27-29-14-13-28(24(4)10-8-9-23(2)3)33(29,6)18-16-30(27)32/h11,23-24,26-30,34H,7-10,12-22H2,1-6H3/t24-,26+,27+,28-,29+,30+,32+,33-/m1/s1. The van der Waals surface area contributed by atoms with Gasteiger partial charge >= 0.3 is 5.97 Å². The topological polar surface area (TPSA) is 47.6 Å². The van der Waals surface area contributed by atoms with Crippen LogP contribution in [0.5, 0.6) is 0 Å². The lowest BCUT2D eigenvalue weighted by atomic mass is 9.47. The summed E-state index contributed by atoms with van der Waals surface area (Å²) >= 11 is 0. The summed E-state index contributed by atoms with van der Waals surface area (Å²) in [6, 6.07) is 0. The fourth-order valence-electron chi connectivity index (χ4n) is 9.49. The van der Waals surface area contributed by atoms with E-state index in [1.165, 1.54) is 64.2 Å². The summed E-state index contributed by atoms with van der Waals surface area (Å²) in [5.41, 5.74) is 2.65. The molecule has 4 heteroatoms. The summed E-state index contributed by atoms with van der Waals surface area (Å²) < 4.78 is 11.2. The number of carbonyl (C=O) groups excluding carboxylic acids is 1. The first-order valence-electron chi connectivity index (χ1n) is 15.9. The van der Waals surface area contributed by atoms with Gasteiger partial charge in [0.1, 0.15) is 0 Å². The molecule has 0 aliphatic heterocycles. The van der Waals surface area contributed by atoms with Crippen molar-refractivity contribution in [3.63, 3.8) is 0 Å². The van der Waals surface area contributed by atoms with Crippen LogP contribution in [-0.4, -0.2) is 38.4 Å². The van der Waals surface area contributed by atoms with Gasteiger partial charge in [-0.2, -0.15) is 0 Å². The van der Waals surface area contributed by atoms with E-state index in [1.807, 2.05) is 6.92 Å². The quantitative estimate of drug-likeness (QED) is 0.165. The minimum absolute atomic E-state index is 0.185. The molecule has 3 saturated carbocycles. The number of carbonyl (C=O) groups is 1. The molecule has 8 atom stereocenters. The third kappa shape index (κ3) is 6.32. The monoisotopic (exact) mass is 515 g/mol. The molecule has 0 heterocycles. The molecule has 0 saturated heterocycles. The first kappa shape index (κ1) is 29.1. The molecular weight excluding hydrogens is 458 g/mol. The van der Waals surface area contributed by atoms with Gasteiger partial charge in [-0.25, -0.2) is 0 Å². The predicted octanol–water partition coefficient (Wildman–Crippen LogP) is 7.57. The molecule has 1 N–H and O–H groups in total. The van der Waals surface area contributed by atoms with Crippen LogP contribution in [0.2, 0.25) is 0 Å². The van der Waals surface area contributed by atoms with E-state index in [0.29, 0.717) is 36.7 Å². The number of nitrogens with one attached hydrogen (secondary N) is 1. The Morgan fingerprint density at radius 1 is 1.08 bits per heavy atom. The van der Waals surface area contributed by atoms with Crippen molar-refractivity contribution in [1.82, 2.24) is 5.32 Å². The first-order chi connectivity index (χ1) is 17.7. The Morgan fingerprint density at radius 3 is 2.65 bits per heavy atom. The number of rotatable bonds is 12. The van der Waals surface area contributed by atoms with Gasteiger partial charge in [0.2, 0.25) is 0 Å².